The van der Waals surface area contributed by atoms with E-state index in [1.165, 1.54) is 0 Å². The number of rotatable bonds is 3. The van der Waals surface area contributed by atoms with Gasteiger partial charge in [0.2, 0.25) is 5.78 Å². The van der Waals surface area contributed by atoms with E-state index in [9.17, 15) is 14.4 Å². The quantitative estimate of drug-likeness (QED) is 0.606. The molecule has 0 amide bonds. The van der Waals surface area contributed by atoms with Gasteiger partial charge in [-0.25, -0.2) is 4.79 Å². The number of ketones is 2. The van der Waals surface area contributed by atoms with Gasteiger partial charge >= 0.3 is 5.97 Å². The Bertz CT molecular complexity index is 926. The molecule has 1 saturated carbocycles. The lowest BCUT2D eigenvalue weighted by Crippen LogP contribution is -2.32. The molecule has 0 aromatic heterocycles. The number of allylic oxidation sites excluding steroid dienone is 1. The van der Waals surface area contributed by atoms with Crippen molar-refractivity contribution in [3.05, 3.63) is 82.9 Å². The van der Waals surface area contributed by atoms with Gasteiger partial charge in [-0.05, 0) is 24.8 Å². The fraction of sp³-hybridized carbons (Fsp3) is 0.261. The van der Waals surface area contributed by atoms with E-state index in [1.54, 1.807) is 24.3 Å². The van der Waals surface area contributed by atoms with Crippen molar-refractivity contribution in [3.8, 4) is 0 Å². The van der Waals surface area contributed by atoms with Crippen LogP contribution in [0.25, 0.3) is 0 Å². The Balaban J connectivity index is 1.56. The second kappa shape index (κ2) is 7.31. The largest absolute Gasteiger partial charge is 0.458 e. The molecule has 27 heavy (non-hydrogen) atoms. The van der Waals surface area contributed by atoms with E-state index >= 15 is 0 Å². The molecule has 0 spiro atoms. The molecule has 2 aliphatic carbocycles. The Morgan fingerprint density at radius 2 is 1.52 bits per heavy atom. The minimum absolute atomic E-state index is 0.117. The molecule has 2 aromatic carbocycles. The summed E-state index contributed by atoms with van der Waals surface area (Å²) in [6.45, 7) is 0. The van der Waals surface area contributed by atoms with Gasteiger partial charge in [0.05, 0.1) is 0 Å². The van der Waals surface area contributed by atoms with Crippen LogP contribution in [0.1, 0.15) is 57.9 Å². The van der Waals surface area contributed by atoms with Gasteiger partial charge in [0.15, 0.2) is 5.78 Å². The van der Waals surface area contributed by atoms with Gasteiger partial charge in [-0.3, -0.25) is 9.59 Å². The molecule has 4 heteroatoms. The van der Waals surface area contributed by atoms with E-state index in [1.807, 2.05) is 30.3 Å². The third kappa shape index (κ3) is 3.35. The van der Waals surface area contributed by atoms with Gasteiger partial charge in [-0.15, -0.1) is 0 Å². The number of Topliss-reactive ketones (excluding diaryl/α,β-unsaturated/α-hetero) is 1. The van der Waals surface area contributed by atoms with Gasteiger partial charge in [-0.1, -0.05) is 61.0 Å². The molecule has 136 valence electrons. The summed E-state index contributed by atoms with van der Waals surface area (Å²) in [6, 6.07) is 16.6. The van der Waals surface area contributed by atoms with Crippen LogP contribution in [0.5, 0.6) is 0 Å². The standard InChI is InChI=1S/C23H20O4/c24-20-14-19(22(25)18-12-5-4-11-17(18)20)23(26)27-21-13-7-6-10-16(21)15-8-2-1-3-9-15/h1-5,8-9,11-12,14,16,21H,6-7,10,13H2/t16-,21+/m0/s1. The van der Waals surface area contributed by atoms with Crippen LogP contribution in [0.4, 0.5) is 0 Å². The molecule has 0 saturated heterocycles. The maximum Gasteiger partial charge on any atom is 0.342 e. The highest BCUT2D eigenvalue weighted by Gasteiger charge is 2.34. The molecule has 0 aliphatic heterocycles. The van der Waals surface area contributed by atoms with E-state index in [0.29, 0.717) is 5.56 Å². The number of fused-ring (bicyclic) bond motifs is 1. The second-order valence-electron chi connectivity index (χ2n) is 7.04. The number of ether oxygens (including phenoxy) is 1. The smallest absolute Gasteiger partial charge is 0.342 e. The van der Waals surface area contributed by atoms with Crippen molar-refractivity contribution < 1.29 is 19.1 Å². The van der Waals surface area contributed by atoms with Crippen LogP contribution in [-0.2, 0) is 9.53 Å². The topological polar surface area (TPSA) is 60.4 Å². The zero-order valence-electron chi connectivity index (χ0n) is 14.9. The first-order chi connectivity index (χ1) is 13.1. The first-order valence-corrected chi connectivity index (χ1v) is 9.31. The Labute approximate surface area is 157 Å². The Morgan fingerprint density at radius 3 is 2.30 bits per heavy atom. The number of hydrogen-bond acceptors (Lipinski definition) is 4. The fourth-order valence-electron chi connectivity index (χ4n) is 3.99. The monoisotopic (exact) mass is 360 g/mol. The molecule has 4 rings (SSSR count). The maximum atomic E-state index is 12.7. The van der Waals surface area contributed by atoms with Gasteiger partial charge in [0, 0.05) is 23.1 Å². The third-order valence-electron chi connectivity index (χ3n) is 5.37. The van der Waals surface area contributed by atoms with Gasteiger partial charge in [0.1, 0.15) is 11.7 Å². The molecule has 2 aromatic rings. The number of benzene rings is 2. The lowest BCUT2D eigenvalue weighted by atomic mass is 9.81. The van der Waals surface area contributed by atoms with Gasteiger partial charge in [-0.2, -0.15) is 0 Å². The Kier molecular flexibility index (Phi) is 4.71. The molecule has 0 radical (unpaired) electrons. The van der Waals surface area contributed by atoms with Crippen molar-refractivity contribution in [2.45, 2.75) is 37.7 Å². The summed E-state index contributed by atoms with van der Waals surface area (Å²) in [5.74, 6) is -1.36. The van der Waals surface area contributed by atoms with E-state index in [0.717, 1.165) is 37.3 Å². The molecule has 2 atom stereocenters. The fourth-order valence-corrected chi connectivity index (χ4v) is 3.99. The predicted molar refractivity (Wildman–Crippen MR) is 101 cm³/mol. The van der Waals surface area contributed by atoms with Crippen molar-refractivity contribution in [1.29, 1.82) is 0 Å². The van der Waals surface area contributed by atoms with Crippen LogP contribution in [0.3, 0.4) is 0 Å². The Hall–Kier alpha value is -3.01. The first-order valence-electron chi connectivity index (χ1n) is 9.31. The summed E-state index contributed by atoms with van der Waals surface area (Å²) in [5.41, 5.74) is 1.57. The van der Waals surface area contributed by atoms with Crippen molar-refractivity contribution in [2.75, 3.05) is 0 Å². The molecule has 4 nitrogen and oxygen atoms in total. The zero-order chi connectivity index (χ0) is 18.8. The SMILES string of the molecule is O=C(O[C@@H]1CCCC[C@H]1c1ccccc1)C1=CC(=O)c2ccccc2C1=O. The van der Waals surface area contributed by atoms with Crippen LogP contribution in [0.2, 0.25) is 0 Å². The second-order valence-corrected chi connectivity index (χ2v) is 7.04. The lowest BCUT2D eigenvalue weighted by Gasteiger charge is -2.31. The molecule has 1 fully saturated rings. The van der Waals surface area contributed by atoms with Crippen molar-refractivity contribution in [2.24, 2.45) is 0 Å². The van der Waals surface area contributed by atoms with E-state index in [-0.39, 0.29) is 28.9 Å². The average Bonchev–Trinajstić information content (AvgIpc) is 2.72. The highest BCUT2D eigenvalue weighted by molar-refractivity contribution is 6.33. The van der Waals surface area contributed by atoms with Crippen LogP contribution in [0, 0.1) is 0 Å². The van der Waals surface area contributed by atoms with Gasteiger partial charge in [0.25, 0.3) is 0 Å². The van der Waals surface area contributed by atoms with Crippen LogP contribution in [-0.4, -0.2) is 23.6 Å². The zero-order valence-corrected chi connectivity index (χ0v) is 14.9. The normalized spacial score (nSPS) is 22.0. The molecule has 0 bridgehead atoms. The van der Waals surface area contributed by atoms with Crippen LogP contribution < -0.4 is 0 Å². The number of carbonyl (C=O) groups excluding carboxylic acids is 3. The average molecular weight is 360 g/mol. The molecule has 2 aliphatic rings. The van der Waals surface area contributed by atoms with Crippen LogP contribution in [0.15, 0.2) is 66.2 Å². The van der Waals surface area contributed by atoms with Crippen molar-refractivity contribution in [3.63, 3.8) is 0 Å². The molecule has 0 unspecified atom stereocenters. The molecular formula is C23H20O4. The number of esters is 1. The van der Waals surface area contributed by atoms with E-state index in [4.69, 9.17) is 4.74 Å². The van der Waals surface area contributed by atoms with Crippen LogP contribution >= 0.6 is 0 Å². The van der Waals surface area contributed by atoms with Crippen molar-refractivity contribution in [1.82, 2.24) is 0 Å². The predicted octanol–water partition coefficient (Wildman–Crippen LogP) is 4.26. The Morgan fingerprint density at radius 1 is 0.852 bits per heavy atom. The van der Waals surface area contributed by atoms with E-state index < -0.39 is 11.8 Å². The highest BCUT2D eigenvalue weighted by Crippen LogP contribution is 2.35. The lowest BCUT2D eigenvalue weighted by molar-refractivity contribution is -0.146. The molecule has 0 heterocycles. The highest BCUT2D eigenvalue weighted by atomic mass is 16.5. The number of carbonyl (C=O) groups is 3. The summed E-state index contributed by atoms with van der Waals surface area (Å²) in [5, 5.41) is 0. The molecular weight excluding hydrogens is 340 g/mol. The minimum Gasteiger partial charge on any atom is -0.458 e. The van der Waals surface area contributed by atoms with E-state index in [2.05, 4.69) is 0 Å². The third-order valence-corrected chi connectivity index (χ3v) is 5.37. The minimum atomic E-state index is -0.698. The first kappa shape index (κ1) is 17.4. The summed E-state index contributed by atoms with van der Waals surface area (Å²) in [4.78, 5) is 37.7. The van der Waals surface area contributed by atoms with Crippen molar-refractivity contribution >= 4 is 17.5 Å². The summed E-state index contributed by atoms with van der Waals surface area (Å²) in [7, 11) is 0. The number of hydrogen-bond donors (Lipinski definition) is 0. The summed E-state index contributed by atoms with van der Waals surface area (Å²) < 4.78 is 5.75. The summed E-state index contributed by atoms with van der Waals surface area (Å²) >= 11 is 0. The summed E-state index contributed by atoms with van der Waals surface area (Å²) in [6.07, 6.45) is 4.60. The maximum absolute atomic E-state index is 12.7. The molecule has 0 N–H and O–H groups in total. The van der Waals surface area contributed by atoms with Gasteiger partial charge < -0.3 is 4.74 Å².